The van der Waals surface area contributed by atoms with Crippen molar-refractivity contribution in [3.63, 3.8) is 0 Å². The van der Waals surface area contributed by atoms with E-state index in [0.717, 1.165) is 16.6 Å². The molecule has 0 atom stereocenters. The fourth-order valence-corrected chi connectivity index (χ4v) is 3.33. The van der Waals surface area contributed by atoms with Gasteiger partial charge in [0.1, 0.15) is 0 Å². The Balaban J connectivity index is 2.12. The quantitative estimate of drug-likeness (QED) is 0.800. The number of hydrogen-bond acceptors (Lipinski definition) is 3. The summed E-state index contributed by atoms with van der Waals surface area (Å²) in [5.74, 6) is 0. The van der Waals surface area contributed by atoms with Crippen molar-refractivity contribution in [3.05, 3.63) is 44.0 Å². The van der Waals surface area contributed by atoms with Crippen molar-refractivity contribution in [2.24, 2.45) is 0 Å². The molecule has 4 nitrogen and oxygen atoms in total. The van der Waals surface area contributed by atoms with Crippen molar-refractivity contribution in [2.45, 2.75) is 6.54 Å². The second-order valence-electron chi connectivity index (χ2n) is 4.16. The first kappa shape index (κ1) is 15.2. The smallest absolute Gasteiger partial charge is 0.409 e. The van der Waals surface area contributed by atoms with Crippen LogP contribution in [-0.2, 0) is 6.54 Å². The predicted molar refractivity (Wildman–Crippen MR) is 87.2 cm³/mol. The van der Waals surface area contributed by atoms with E-state index in [4.69, 9.17) is 16.7 Å². The molecular formula is C13H12BrClN2O2S. The molecule has 0 fully saturated rings. The summed E-state index contributed by atoms with van der Waals surface area (Å²) in [5, 5.41) is 11.0. The average Bonchev–Trinajstić information content (AvgIpc) is 2.76. The number of hydrogen-bond donors (Lipinski definition) is 2. The molecule has 20 heavy (non-hydrogen) atoms. The molecule has 0 saturated heterocycles. The molecule has 0 aliphatic carbocycles. The van der Waals surface area contributed by atoms with E-state index in [9.17, 15) is 4.79 Å². The van der Waals surface area contributed by atoms with E-state index in [1.807, 2.05) is 31.3 Å². The summed E-state index contributed by atoms with van der Waals surface area (Å²) >= 11 is 10.8. The molecule has 1 aromatic carbocycles. The van der Waals surface area contributed by atoms with Gasteiger partial charge in [0.15, 0.2) is 0 Å². The molecule has 0 aliphatic heterocycles. The number of halogens is 2. The van der Waals surface area contributed by atoms with Crippen molar-refractivity contribution in [3.8, 4) is 0 Å². The molecule has 0 radical (unpaired) electrons. The van der Waals surface area contributed by atoms with Crippen LogP contribution in [-0.4, -0.2) is 18.2 Å². The SMILES string of the molecule is CN(Cc1ccc(Cl)s1)c1ccc(NC(=O)O)c(Br)c1. The number of benzene rings is 1. The van der Waals surface area contributed by atoms with Crippen molar-refractivity contribution in [2.75, 3.05) is 17.3 Å². The lowest BCUT2D eigenvalue weighted by atomic mass is 10.2. The third kappa shape index (κ3) is 3.88. The van der Waals surface area contributed by atoms with Gasteiger partial charge in [-0.3, -0.25) is 5.32 Å². The van der Waals surface area contributed by atoms with Crippen LogP contribution < -0.4 is 10.2 Å². The summed E-state index contributed by atoms with van der Waals surface area (Å²) in [6.07, 6.45) is -1.08. The van der Waals surface area contributed by atoms with E-state index in [2.05, 4.69) is 26.1 Å². The summed E-state index contributed by atoms with van der Waals surface area (Å²) in [4.78, 5) is 13.9. The summed E-state index contributed by atoms with van der Waals surface area (Å²) < 4.78 is 1.48. The van der Waals surface area contributed by atoms with Crippen LogP contribution in [0.4, 0.5) is 16.2 Å². The third-order valence-electron chi connectivity index (χ3n) is 2.66. The van der Waals surface area contributed by atoms with E-state index < -0.39 is 6.09 Å². The van der Waals surface area contributed by atoms with E-state index in [1.165, 1.54) is 4.88 Å². The Bertz CT molecular complexity index is 633. The van der Waals surface area contributed by atoms with Crippen molar-refractivity contribution in [1.29, 1.82) is 0 Å². The first-order valence-corrected chi connectivity index (χ1v) is 7.69. The fourth-order valence-electron chi connectivity index (χ4n) is 1.72. The van der Waals surface area contributed by atoms with Crippen molar-refractivity contribution in [1.82, 2.24) is 0 Å². The molecule has 0 saturated carbocycles. The zero-order valence-corrected chi connectivity index (χ0v) is 13.7. The van der Waals surface area contributed by atoms with Crippen LogP contribution in [0.5, 0.6) is 0 Å². The van der Waals surface area contributed by atoms with Gasteiger partial charge in [0.2, 0.25) is 0 Å². The number of nitrogens with one attached hydrogen (secondary N) is 1. The number of carboxylic acid groups (broad SMARTS) is 1. The Morgan fingerprint density at radius 1 is 1.45 bits per heavy atom. The molecule has 2 rings (SSSR count). The van der Waals surface area contributed by atoms with Gasteiger partial charge in [-0.15, -0.1) is 11.3 Å². The van der Waals surface area contributed by atoms with E-state index in [1.54, 1.807) is 17.4 Å². The highest BCUT2D eigenvalue weighted by Gasteiger charge is 2.08. The first-order chi connectivity index (χ1) is 9.45. The summed E-state index contributed by atoms with van der Waals surface area (Å²) in [6, 6.07) is 9.35. The molecule has 0 spiro atoms. The number of amides is 1. The van der Waals surface area contributed by atoms with Crippen molar-refractivity contribution < 1.29 is 9.90 Å². The fraction of sp³-hybridized carbons (Fsp3) is 0.154. The largest absolute Gasteiger partial charge is 0.465 e. The van der Waals surface area contributed by atoms with Crippen molar-refractivity contribution >= 4 is 56.3 Å². The van der Waals surface area contributed by atoms with Gasteiger partial charge >= 0.3 is 6.09 Å². The van der Waals surface area contributed by atoms with Gasteiger partial charge in [-0.2, -0.15) is 0 Å². The van der Waals surface area contributed by atoms with Crippen LogP contribution in [0.1, 0.15) is 4.88 Å². The Morgan fingerprint density at radius 3 is 2.75 bits per heavy atom. The summed E-state index contributed by atoms with van der Waals surface area (Å²) in [6.45, 7) is 0.746. The maximum absolute atomic E-state index is 10.6. The van der Waals surface area contributed by atoms with Gasteiger partial charge in [-0.1, -0.05) is 11.6 Å². The molecule has 2 aromatic rings. The minimum absolute atomic E-state index is 0.522. The zero-order valence-electron chi connectivity index (χ0n) is 10.6. The Kier molecular flexibility index (Phi) is 4.91. The van der Waals surface area contributed by atoms with E-state index in [-0.39, 0.29) is 0 Å². The summed E-state index contributed by atoms with van der Waals surface area (Å²) in [7, 11) is 1.97. The molecule has 1 amide bonds. The number of anilines is 2. The predicted octanol–water partition coefficient (Wildman–Crippen LogP) is 4.89. The monoisotopic (exact) mass is 374 g/mol. The second kappa shape index (κ2) is 6.47. The molecule has 0 unspecified atom stereocenters. The average molecular weight is 376 g/mol. The lowest BCUT2D eigenvalue weighted by Gasteiger charge is -2.19. The molecule has 7 heteroatoms. The van der Waals surface area contributed by atoms with Gasteiger partial charge in [-0.25, -0.2) is 4.79 Å². The van der Waals surface area contributed by atoms with Gasteiger partial charge in [0.25, 0.3) is 0 Å². The van der Waals surface area contributed by atoms with Crippen LogP contribution in [0.25, 0.3) is 0 Å². The van der Waals surface area contributed by atoms with Gasteiger partial charge in [0.05, 0.1) is 16.6 Å². The minimum atomic E-state index is -1.08. The lowest BCUT2D eigenvalue weighted by Crippen LogP contribution is -2.16. The number of rotatable bonds is 4. The van der Waals surface area contributed by atoms with Crippen LogP contribution in [0.15, 0.2) is 34.8 Å². The Labute approximate surface area is 134 Å². The van der Waals surface area contributed by atoms with Crippen LogP contribution in [0, 0.1) is 0 Å². The van der Waals surface area contributed by atoms with Gasteiger partial charge in [-0.05, 0) is 46.3 Å². The molecular weight excluding hydrogens is 364 g/mol. The Hall–Kier alpha value is -1.24. The second-order valence-corrected chi connectivity index (χ2v) is 6.81. The zero-order chi connectivity index (χ0) is 14.7. The highest BCUT2D eigenvalue weighted by Crippen LogP contribution is 2.29. The maximum Gasteiger partial charge on any atom is 0.409 e. The van der Waals surface area contributed by atoms with E-state index >= 15 is 0 Å². The maximum atomic E-state index is 10.6. The normalized spacial score (nSPS) is 10.3. The van der Waals surface area contributed by atoms with Gasteiger partial charge in [0, 0.05) is 22.1 Å². The molecule has 1 aromatic heterocycles. The number of carbonyl (C=O) groups is 1. The molecule has 0 aliphatic rings. The molecule has 2 N–H and O–H groups in total. The van der Waals surface area contributed by atoms with Gasteiger partial charge < -0.3 is 10.0 Å². The molecule has 1 heterocycles. The topological polar surface area (TPSA) is 52.6 Å². The molecule has 106 valence electrons. The summed E-state index contributed by atoms with van der Waals surface area (Å²) in [5.41, 5.74) is 1.51. The first-order valence-electron chi connectivity index (χ1n) is 5.70. The number of thiophene rings is 1. The Morgan fingerprint density at radius 2 is 2.20 bits per heavy atom. The molecule has 0 bridgehead atoms. The standard InChI is InChI=1S/C13H12BrClN2O2S/c1-17(7-9-3-5-12(15)20-9)8-2-4-11(10(14)6-8)16-13(18)19/h2-6,16H,7H2,1H3,(H,18,19). The number of nitrogens with zero attached hydrogens (tertiary/aromatic N) is 1. The van der Waals surface area contributed by atoms with Crippen LogP contribution in [0.3, 0.4) is 0 Å². The highest BCUT2D eigenvalue weighted by molar-refractivity contribution is 9.10. The minimum Gasteiger partial charge on any atom is -0.465 e. The van der Waals surface area contributed by atoms with E-state index in [0.29, 0.717) is 10.2 Å². The van der Waals surface area contributed by atoms with Crippen LogP contribution >= 0.6 is 38.9 Å². The lowest BCUT2D eigenvalue weighted by molar-refractivity contribution is 0.209. The van der Waals surface area contributed by atoms with Crippen LogP contribution in [0.2, 0.25) is 4.34 Å². The third-order valence-corrected chi connectivity index (χ3v) is 4.53. The highest BCUT2D eigenvalue weighted by atomic mass is 79.9.